The van der Waals surface area contributed by atoms with E-state index in [-0.39, 0.29) is 46.0 Å². The quantitative estimate of drug-likeness (QED) is 0.222. The average Bonchev–Trinajstić information content (AvgIpc) is 3.95. The van der Waals surface area contributed by atoms with Crippen LogP contribution in [0.5, 0.6) is 5.75 Å². The number of carbonyl (C=O) groups excluding carboxylic acids is 3. The molecule has 0 bridgehead atoms. The molecule has 2 saturated carbocycles. The number of benzene rings is 2. The van der Waals surface area contributed by atoms with Crippen molar-refractivity contribution in [1.29, 1.82) is 0 Å². The van der Waals surface area contributed by atoms with E-state index in [1.54, 1.807) is 36.7 Å². The van der Waals surface area contributed by atoms with Gasteiger partial charge in [0.25, 0.3) is 11.8 Å². The highest BCUT2D eigenvalue weighted by molar-refractivity contribution is 6.08. The van der Waals surface area contributed by atoms with Crippen LogP contribution in [0, 0.1) is 5.92 Å². The molecule has 2 aliphatic carbocycles. The minimum atomic E-state index is -2.78. The summed E-state index contributed by atoms with van der Waals surface area (Å²) in [5.74, 6) is -1.03. The van der Waals surface area contributed by atoms with Crippen molar-refractivity contribution in [3.8, 4) is 17.1 Å². The summed E-state index contributed by atoms with van der Waals surface area (Å²) in [5, 5.41) is 22.7. The summed E-state index contributed by atoms with van der Waals surface area (Å²) in [7, 11) is 1.38. The molecular formula is C29H29N9O4. The van der Waals surface area contributed by atoms with Gasteiger partial charge < -0.3 is 26.0 Å². The number of nitrogens with zero attached hydrogens (tertiary/aromatic N) is 5. The Kier molecular flexibility index (Phi) is 6.28. The van der Waals surface area contributed by atoms with Crippen LogP contribution < -0.4 is 26.0 Å². The van der Waals surface area contributed by atoms with Gasteiger partial charge in [0.2, 0.25) is 5.91 Å². The number of rotatable bonds is 10. The van der Waals surface area contributed by atoms with E-state index < -0.39 is 18.8 Å². The lowest BCUT2D eigenvalue weighted by molar-refractivity contribution is -0.117. The number of nitrogens with one attached hydrogen (secondary N) is 4. The molecule has 2 aromatic heterocycles. The average molecular weight is 571 g/mol. The topological polar surface area (TPSA) is 165 Å². The Morgan fingerprint density at radius 1 is 0.976 bits per heavy atom. The highest BCUT2D eigenvalue weighted by atomic mass is 16.5. The summed E-state index contributed by atoms with van der Waals surface area (Å²) in [6.45, 7) is -2.78. The Labute approximate surface area is 245 Å². The Bertz CT molecular complexity index is 1770. The molecule has 0 atom stereocenters. The van der Waals surface area contributed by atoms with Crippen molar-refractivity contribution in [2.24, 2.45) is 5.92 Å². The van der Waals surface area contributed by atoms with Gasteiger partial charge in [0.05, 0.1) is 30.1 Å². The first-order valence-electron chi connectivity index (χ1n) is 14.9. The number of amides is 3. The van der Waals surface area contributed by atoms with Gasteiger partial charge >= 0.3 is 0 Å². The number of methoxy groups -OCH3 is 1. The molecule has 4 aromatic rings. The van der Waals surface area contributed by atoms with E-state index in [1.165, 1.54) is 13.2 Å². The van der Waals surface area contributed by atoms with Gasteiger partial charge in [0.15, 0.2) is 23.1 Å². The largest absolute Gasteiger partial charge is 0.494 e. The van der Waals surface area contributed by atoms with Crippen molar-refractivity contribution in [3.05, 3.63) is 66.1 Å². The highest BCUT2D eigenvalue weighted by Crippen LogP contribution is 2.35. The monoisotopic (exact) mass is 570 g/mol. The van der Waals surface area contributed by atoms with Crippen LogP contribution in [0.1, 0.15) is 56.7 Å². The van der Waals surface area contributed by atoms with Gasteiger partial charge in [-0.1, -0.05) is 6.07 Å². The maximum atomic E-state index is 13.4. The molecule has 0 unspecified atom stereocenters. The molecule has 42 heavy (non-hydrogen) atoms. The van der Waals surface area contributed by atoms with E-state index in [2.05, 4.69) is 36.2 Å². The summed E-state index contributed by atoms with van der Waals surface area (Å²) < 4.78 is 29.7. The first kappa shape index (κ1) is 23.4. The zero-order valence-electron chi connectivity index (χ0n) is 25.5. The van der Waals surface area contributed by atoms with Crippen LogP contribution in [0.4, 0.5) is 22.9 Å². The molecular weight excluding hydrogens is 538 g/mol. The summed E-state index contributed by atoms with van der Waals surface area (Å²) in [6.07, 6.45) is 5.47. The van der Waals surface area contributed by atoms with Crippen molar-refractivity contribution in [3.63, 3.8) is 0 Å². The van der Waals surface area contributed by atoms with E-state index in [0.717, 1.165) is 31.2 Å². The molecule has 0 spiro atoms. The first-order chi connectivity index (χ1) is 21.6. The van der Waals surface area contributed by atoms with Crippen LogP contribution in [0.3, 0.4) is 0 Å². The first-order valence-corrected chi connectivity index (χ1v) is 13.4. The van der Waals surface area contributed by atoms with Gasteiger partial charge in [-0.25, -0.2) is 9.67 Å². The van der Waals surface area contributed by atoms with Gasteiger partial charge in [-0.3, -0.25) is 14.4 Å². The minimum Gasteiger partial charge on any atom is -0.494 e. The van der Waals surface area contributed by atoms with Crippen LogP contribution in [-0.4, -0.2) is 56.8 Å². The van der Waals surface area contributed by atoms with Gasteiger partial charge in [-0.15, -0.1) is 10.2 Å². The number of para-hydroxylation sites is 1. The van der Waals surface area contributed by atoms with Gasteiger partial charge in [-0.05, 0) is 62.1 Å². The van der Waals surface area contributed by atoms with Crippen molar-refractivity contribution < 1.29 is 23.2 Å². The van der Waals surface area contributed by atoms with Crippen LogP contribution in [0.25, 0.3) is 11.4 Å². The predicted octanol–water partition coefficient (Wildman–Crippen LogP) is 3.78. The number of aromatic nitrogens is 5. The van der Waals surface area contributed by atoms with E-state index in [4.69, 9.17) is 8.85 Å². The molecule has 3 amide bonds. The number of hydrogen-bond donors (Lipinski definition) is 4. The van der Waals surface area contributed by atoms with Crippen LogP contribution >= 0.6 is 0 Å². The molecule has 13 heteroatoms. The molecule has 4 N–H and O–H groups in total. The molecule has 13 nitrogen and oxygen atoms in total. The fourth-order valence-corrected chi connectivity index (χ4v) is 4.35. The van der Waals surface area contributed by atoms with E-state index in [9.17, 15) is 14.4 Å². The Morgan fingerprint density at radius 3 is 2.50 bits per heavy atom. The second-order valence-corrected chi connectivity index (χ2v) is 10.0. The zero-order valence-corrected chi connectivity index (χ0v) is 22.5. The maximum absolute atomic E-state index is 13.4. The third-order valence-electron chi connectivity index (χ3n) is 6.89. The number of anilines is 4. The van der Waals surface area contributed by atoms with Crippen molar-refractivity contribution in [1.82, 2.24) is 30.3 Å². The van der Waals surface area contributed by atoms with E-state index >= 15 is 0 Å². The normalized spacial score (nSPS) is 15.5. The summed E-state index contributed by atoms with van der Waals surface area (Å²) in [5.41, 5.74) is 1.48. The Balaban J connectivity index is 1.23. The molecule has 0 saturated heterocycles. The zero-order chi connectivity index (χ0) is 31.7. The molecule has 2 fully saturated rings. The second-order valence-electron chi connectivity index (χ2n) is 10.0. The second kappa shape index (κ2) is 11.3. The SMILES string of the molecule is [2H]C([2H])([2H])NC(=O)c1nnc(NC(=O)C2CC2)cc1Nc1cccc(C(=O)Nc2ccc(-c3ncn(C4CC4)n3)cc2)c1OC. The van der Waals surface area contributed by atoms with Crippen molar-refractivity contribution in [2.75, 3.05) is 30.0 Å². The summed E-state index contributed by atoms with van der Waals surface area (Å²) in [6, 6.07) is 13.7. The molecule has 2 heterocycles. The fraction of sp³-hybridized carbons (Fsp3) is 0.276. The third kappa shape index (κ3) is 5.75. The summed E-state index contributed by atoms with van der Waals surface area (Å²) in [4.78, 5) is 42.9. The van der Waals surface area contributed by atoms with Crippen LogP contribution in [-0.2, 0) is 4.79 Å². The van der Waals surface area contributed by atoms with Gasteiger partial charge in [-0.2, -0.15) is 5.10 Å². The van der Waals surface area contributed by atoms with Gasteiger partial charge in [0.1, 0.15) is 6.33 Å². The minimum absolute atomic E-state index is 0.0297. The van der Waals surface area contributed by atoms with Crippen molar-refractivity contribution >= 4 is 40.6 Å². The van der Waals surface area contributed by atoms with E-state index in [1.807, 2.05) is 22.1 Å². The molecule has 2 aliphatic rings. The molecule has 6 rings (SSSR count). The Morgan fingerprint density at radius 2 is 1.79 bits per heavy atom. The number of ether oxygens (including phenoxy) is 1. The standard InChI is InChI=1S/C29H29N9O4/c1-30-29(41)24-22(14-23(35-36-24)34-27(39)17-6-7-17)33-21-5-3-4-20(25(21)42-2)28(40)32-18-10-8-16(9-11-18)26-31-15-38(37-26)19-12-13-19/h3-5,8-11,14-15,17,19H,6-7,12-13H2,1-2H3,(H,30,41)(H,32,40)(H2,33,34,35,39)/i1D3. The lowest BCUT2D eigenvalue weighted by Gasteiger charge is -2.17. The molecule has 0 aliphatic heterocycles. The van der Waals surface area contributed by atoms with E-state index in [0.29, 0.717) is 17.6 Å². The highest BCUT2D eigenvalue weighted by Gasteiger charge is 2.30. The maximum Gasteiger partial charge on any atom is 0.273 e. The van der Waals surface area contributed by atoms with Crippen LogP contribution in [0.2, 0.25) is 0 Å². The third-order valence-corrected chi connectivity index (χ3v) is 6.89. The molecule has 214 valence electrons. The predicted molar refractivity (Wildman–Crippen MR) is 155 cm³/mol. The molecule has 0 radical (unpaired) electrons. The smallest absolute Gasteiger partial charge is 0.273 e. The lowest BCUT2D eigenvalue weighted by atomic mass is 10.1. The summed E-state index contributed by atoms with van der Waals surface area (Å²) >= 11 is 0. The fourth-order valence-electron chi connectivity index (χ4n) is 4.35. The lowest BCUT2D eigenvalue weighted by Crippen LogP contribution is -2.22. The van der Waals surface area contributed by atoms with Crippen molar-refractivity contribution in [2.45, 2.75) is 31.7 Å². The number of hydrogen-bond acceptors (Lipinski definition) is 9. The molecule has 2 aromatic carbocycles. The number of carbonyl (C=O) groups is 3. The Hall–Kier alpha value is -5.33. The van der Waals surface area contributed by atoms with Gasteiger partial charge in [0, 0.05) is 34.3 Å². The van der Waals surface area contributed by atoms with Crippen LogP contribution in [0.15, 0.2) is 54.9 Å².